The molecule has 1 amide bonds. The number of halogens is 1. The molecule has 4 nitrogen and oxygen atoms in total. The molecule has 2 rings (SSSR count). The van der Waals surface area contributed by atoms with E-state index in [1.54, 1.807) is 18.3 Å². The number of hydrogen-bond acceptors (Lipinski definition) is 2. The molecule has 0 unspecified atom stereocenters. The summed E-state index contributed by atoms with van der Waals surface area (Å²) in [6.45, 7) is 4.20. The molecule has 19 heavy (non-hydrogen) atoms. The van der Waals surface area contributed by atoms with Gasteiger partial charge in [0.15, 0.2) is 0 Å². The lowest BCUT2D eigenvalue weighted by Gasteiger charge is -2.10. The number of aryl methyl sites for hydroxylation is 2. The molecule has 0 atom stereocenters. The lowest BCUT2D eigenvalue weighted by atomic mass is 10.2. The summed E-state index contributed by atoms with van der Waals surface area (Å²) >= 11 is 5.92. The van der Waals surface area contributed by atoms with Crippen molar-refractivity contribution in [2.24, 2.45) is 0 Å². The average Bonchev–Trinajstić information content (AvgIpc) is 2.81. The zero-order chi connectivity index (χ0) is 13.8. The lowest BCUT2D eigenvalue weighted by molar-refractivity contribution is -0.116. The van der Waals surface area contributed by atoms with Crippen LogP contribution in [0.2, 0.25) is 5.02 Å². The van der Waals surface area contributed by atoms with Gasteiger partial charge in [0, 0.05) is 29.5 Å². The van der Waals surface area contributed by atoms with E-state index in [1.165, 1.54) is 0 Å². The van der Waals surface area contributed by atoms with Crippen LogP contribution >= 0.6 is 11.6 Å². The molecule has 0 spiro atoms. The monoisotopic (exact) mass is 277 g/mol. The van der Waals surface area contributed by atoms with E-state index < -0.39 is 0 Å². The van der Waals surface area contributed by atoms with Gasteiger partial charge in [-0.1, -0.05) is 24.6 Å². The van der Waals surface area contributed by atoms with Gasteiger partial charge in [-0.25, -0.2) is 4.98 Å². The van der Waals surface area contributed by atoms with Crippen molar-refractivity contribution in [1.29, 1.82) is 0 Å². The minimum Gasteiger partial charge on any atom is -0.326 e. The predicted molar refractivity (Wildman–Crippen MR) is 76.4 cm³/mol. The number of carbonyl (C=O) groups is 1. The first kappa shape index (κ1) is 13.6. The Morgan fingerprint density at radius 2 is 2.26 bits per heavy atom. The van der Waals surface area contributed by atoms with E-state index in [4.69, 9.17) is 11.6 Å². The molecule has 0 aliphatic heterocycles. The molecule has 0 aliphatic carbocycles. The Bertz CT molecular complexity index is 592. The number of rotatable bonds is 4. The molecule has 0 saturated carbocycles. The SMILES string of the molecule is CCc1nccn1CC(=O)Nc1cc(Cl)ccc1C. The van der Waals surface area contributed by atoms with Crippen LogP contribution in [0.5, 0.6) is 0 Å². The first-order valence-corrected chi connectivity index (χ1v) is 6.54. The van der Waals surface area contributed by atoms with Crippen LogP contribution in [0.15, 0.2) is 30.6 Å². The Hall–Kier alpha value is -1.81. The number of anilines is 1. The summed E-state index contributed by atoms with van der Waals surface area (Å²) < 4.78 is 1.84. The van der Waals surface area contributed by atoms with Crippen molar-refractivity contribution >= 4 is 23.2 Å². The smallest absolute Gasteiger partial charge is 0.244 e. The highest BCUT2D eigenvalue weighted by atomic mass is 35.5. The van der Waals surface area contributed by atoms with E-state index in [1.807, 2.05) is 30.7 Å². The topological polar surface area (TPSA) is 46.9 Å². The first-order chi connectivity index (χ1) is 9.10. The summed E-state index contributed by atoms with van der Waals surface area (Å²) in [6, 6.07) is 5.44. The van der Waals surface area contributed by atoms with Crippen LogP contribution in [0.25, 0.3) is 0 Å². The average molecular weight is 278 g/mol. The third-order valence-corrected chi connectivity index (χ3v) is 3.14. The molecule has 1 aromatic carbocycles. The van der Waals surface area contributed by atoms with Crippen LogP contribution in [0.3, 0.4) is 0 Å². The number of amides is 1. The third-order valence-electron chi connectivity index (χ3n) is 2.91. The van der Waals surface area contributed by atoms with E-state index in [-0.39, 0.29) is 12.5 Å². The van der Waals surface area contributed by atoms with Gasteiger partial charge in [0.25, 0.3) is 0 Å². The molecule has 0 radical (unpaired) electrons. The lowest BCUT2D eigenvalue weighted by Crippen LogP contribution is -2.20. The maximum absolute atomic E-state index is 12.0. The fourth-order valence-electron chi connectivity index (χ4n) is 1.87. The van der Waals surface area contributed by atoms with Gasteiger partial charge in [0.1, 0.15) is 12.4 Å². The molecular weight excluding hydrogens is 262 g/mol. The quantitative estimate of drug-likeness (QED) is 0.934. The highest BCUT2D eigenvalue weighted by Crippen LogP contribution is 2.20. The van der Waals surface area contributed by atoms with E-state index in [0.29, 0.717) is 5.02 Å². The van der Waals surface area contributed by atoms with Crippen LogP contribution < -0.4 is 5.32 Å². The molecule has 0 bridgehead atoms. The normalized spacial score (nSPS) is 10.5. The number of imidazole rings is 1. The Labute approximate surface area is 117 Å². The second kappa shape index (κ2) is 5.89. The van der Waals surface area contributed by atoms with Gasteiger partial charge < -0.3 is 9.88 Å². The standard InChI is InChI=1S/C14H16ClN3O/c1-3-13-16-6-7-18(13)9-14(19)17-12-8-11(15)5-4-10(12)2/h4-8H,3,9H2,1-2H3,(H,17,19). The maximum Gasteiger partial charge on any atom is 0.244 e. The van der Waals surface area contributed by atoms with Crippen LogP contribution in [-0.2, 0) is 17.8 Å². The molecule has 1 heterocycles. The summed E-state index contributed by atoms with van der Waals surface area (Å²) in [6.07, 6.45) is 4.32. The Balaban J connectivity index is 2.07. The van der Waals surface area contributed by atoms with Crippen LogP contribution in [0.4, 0.5) is 5.69 Å². The van der Waals surface area contributed by atoms with Crippen molar-refractivity contribution in [3.63, 3.8) is 0 Å². The predicted octanol–water partition coefficient (Wildman–Crippen LogP) is 3.05. The van der Waals surface area contributed by atoms with Gasteiger partial charge >= 0.3 is 0 Å². The van der Waals surface area contributed by atoms with Crippen molar-refractivity contribution in [2.75, 3.05) is 5.32 Å². The van der Waals surface area contributed by atoms with Gasteiger partial charge in [-0.3, -0.25) is 4.79 Å². The maximum atomic E-state index is 12.0. The summed E-state index contributed by atoms with van der Waals surface area (Å²) in [7, 11) is 0. The van der Waals surface area contributed by atoms with Gasteiger partial charge in [-0.15, -0.1) is 0 Å². The Kier molecular flexibility index (Phi) is 4.22. The van der Waals surface area contributed by atoms with E-state index in [9.17, 15) is 4.79 Å². The number of nitrogens with zero attached hydrogens (tertiary/aromatic N) is 2. The highest BCUT2D eigenvalue weighted by molar-refractivity contribution is 6.31. The van der Waals surface area contributed by atoms with Crippen LogP contribution in [-0.4, -0.2) is 15.5 Å². The first-order valence-electron chi connectivity index (χ1n) is 6.16. The van der Waals surface area contributed by atoms with E-state index in [0.717, 1.165) is 23.5 Å². The fourth-order valence-corrected chi connectivity index (χ4v) is 2.04. The molecule has 1 aromatic heterocycles. The van der Waals surface area contributed by atoms with E-state index in [2.05, 4.69) is 10.3 Å². The van der Waals surface area contributed by atoms with Crippen molar-refractivity contribution in [3.05, 3.63) is 47.0 Å². The summed E-state index contributed by atoms with van der Waals surface area (Å²) in [4.78, 5) is 16.2. The number of nitrogens with one attached hydrogen (secondary N) is 1. The molecule has 5 heteroatoms. The minimum absolute atomic E-state index is 0.0851. The second-order valence-corrected chi connectivity index (χ2v) is 4.77. The second-order valence-electron chi connectivity index (χ2n) is 4.33. The Morgan fingerprint density at radius 1 is 1.47 bits per heavy atom. The number of hydrogen-bond donors (Lipinski definition) is 1. The summed E-state index contributed by atoms with van der Waals surface area (Å²) in [5.41, 5.74) is 1.73. The van der Waals surface area contributed by atoms with Gasteiger partial charge in [-0.05, 0) is 24.6 Å². The Morgan fingerprint density at radius 3 is 3.00 bits per heavy atom. The van der Waals surface area contributed by atoms with Gasteiger partial charge in [0.05, 0.1) is 0 Å². The van der Waals surface area contributed by atoms with E-state index >= 15 is 0 Å². The van der Waals surface area contributed by atoms with Gasteiger partial charge in [0.2, 0.25) is 5.91 Å². The van der Waals surface area contributed by atoms with Crippen molar-refractivity contribution in [3.8, 4) is 0 Å². The molecule has 0 aliphatic rings. The third kappa shape index (κ3) is 3.35. The zero-order valence-electron chi connectivity index (χ0n) is 11.0. The summed E-state index contributed by atoms with van der Waals surface area (Å²) in [5, 5.41) is 3.48. The molecule has 0 saturated heterocycles. The van der Waals surface area contributed by atoms with Crippen molar-refractivity contribution in [2.45, 2.75) is 26.8 Å². The van der Waals surface area contributed by atoms with Crippen molar-refractivity contribution in [1.82, 2.24) is 9.55 Å². The van der Waals surface area contributed by atoms with Gasteiger partial charge in [-0.2, -0.15) is 0 Å². The van der Waals surface area contributed by atoms with Crippen molar-refractivity contribution < 1.29 is 4.79 Å². The largest absolute Gasteiger partial charge is 0.326 e. The fraction of sp³-hybridized carbons (Fsp3) is 0.286. The highest BCUT2D eigenvalue weighted by Gasteiger charge is 2.08. The zero-order valence-corrected chi connectivity index (χ0v) is 11.7. The number of carbonyl (C=O) groups excluding carboxylic acids is 1. The molecular formula is C14H16ClN3O. The van der Waals surface area contributed by atoms with Crippen LogP contribution in [0, 0.1) is 6.92 Å². The molecule has 1 N–H and O–H groups in total. The molecule has 2 aromatic rings. The molecule has 0 fully saturated rings. The summed E-state index contributed by atoms with van der Waals surface area (Å²) in [5.74, 6) is 0.816. The number of aromatic nitrogens is 2. The molecule has 100 valence electrons. The van der Waals surface area contributed by atoms with Crippen LogP contribution in [0.1, 0.15) is 18.3 Å². The minimum atomic E-state index is -0.0851. The number of benzene rings is 1.